The number of halogens is 2. The van der Waals surface area contributed by atoms with Crippen molar-refractivity contribution < 1.29 is 15.0 Å². The van der Waals surface area contributed by atoms with Crippen molar-refractivity contribution >= 4 is 41.1 Å². The van der Waals surface area contributed by atoms with Gasteiger partial charge in [0.1, 0.15) is 11.5 Å². The van der Waals surface area contributed by atoms with E-state index in [4.69, 9.17) is 23.2 Å². The number of hydrogen-bond acceptors (Lipinski definition) is 3. The van der Waals surface area contributed by atoms with E-state index in [2.05, 4.69) is 0 Å². The highest BCUT2D eigenvalue weighted by atomic mass is 35.5. The lowest BCUT2D eigenvalue weighted by Gasteiger charge is -1.99. The summed E-state index contributed by atoms with van der Waals surface area (Å²) in [5, 5.41) is 19.6. The van der Waals surface area contributed by atoms with Gasteiger partial charge in [-0.15, -0.1) is 0 Å². The van der Waals surface area contributed by atoms with Crippen LogP contribution in [0, 0.1) is 0 Å². The second-order valence-electron chi connectivity index (χ2n) is 4.48. The Morgan fingerprint density at radius 3 is 1.58 bits per heavy atom. The van der Waals surface area contributed by atoms with Crippen LogP contribution < -0.4 is 0 Å². The zero-order valence-electron chi connectivity index (χ0n) is 13.3. The Hall–Kier alpha value is -2.23. The molecule has 0 aliphatic rings. The third-order valence-corrected chi connectivity index (χ3v) is 3.50. The van der Waals surface area contributed by atoms with Crippen LogP contribution in [0.3, 0.4) is 0 Å². The molecule has 0 amide bonds. The maximum Gasteiger partial charge on any atom is 0.178 e. The molecule has 2 aromatic carbocycles. The van der Waals surface area contributed by atoms with E-state index in [9.17, 15) is 15.0 Å². The van der Waals surface area contributed by atoms with Crippen LogP contribution in [0.5, 0.6) is 11.5 Å². The number of carbonyl (C=O) groups excluding carboxylic acids is 1. The van der Waals surface area contributed by atoms with Crippen molar-refractivity contribution in [2.75, 3.05) is 0 Å². The molecule has 2 aromatic rings. The van der Waals surface area contributed by atoms with E-state index in [1.165, 1.54) is 48.6 Å². The summed E-state index contributed by atoms with van der Waals surface area (Å²) in [6.07, 6.45) is 5.68. The molecule has 0 aliphatic carbocycles. The molecule has 2 rings (SSSR count). The van der Waals surface area contributed by atoms with Crippen molar-refractivity contribution in [1.29, 1.82) is 0 Å². The molecule has 126 valence electrons. The Kier molecular flexibility index (Phi) is 8.10. The van der Waals surface area contributed by atoms with Crippen molar-refractivity contribution in [1.82, 2.24) is 0 Å². The van der Waals surface area contributed by atoms with E-state index in [0.717, 1.165) is 0 Å². The van der Waals surface area contributed by atoms with E-state index < -0.39 is 0 Å². The van der Waals surface area contributed by atoms with Crippen molar-refractivity contribution in [3.63, 3.8) is 0 Å². The number of hydrogen-bond donors (Lipinski definition) is 2. The van der Waals surface area contributed by atoms with Crippen molar-refractivity contribution in [3.05, 3.63) is 69.7 Å². The Labute approximate surface area is 151 Å². The van der Waals surface area contributed by atoms with Crippen LogP contribution in [0.25, 0.3) is 12.2 Å². The number of allylic oxidation sites excluding steroid dienone is 2. The van der Waals surface area contributed by atoms with Gasteiger partial charge in [-0.2, -0.15) is 0 Å². The fourth-order valence-corrected chi connectivity index (χ4v) is 2.08. The number of benzene rings is 2. The number of ketones is 1. The average Bonchev–Trinajstić information content (AvgIpc) is 2.58. The van der Waals surface area contributed by atoms with Gasteiger partial charge in [0.2, 0.25) is 0 Å². The predicted octanol–water partition coefficient (Wildman–Crippen LogP) is 5.73. The summed E-state index contributed by atoms with van der Waals surface area (Å²) in [6, 6.07) is 8.94. The molecule has 0 aromatic heterocycles. The Morgan fingerprint density at radius 2 is 1.21 bits per heavy atom. The number of phenols is 2. The third-order valence-electron chi connectivity index (χ3n) is 2.81. The first-order valence-electron chi connectivity index (χ1n) is 7.33. The smallest absolute Gasteiger partial charge is 0.178 e. The number of carbonyl (C=O) groups is 1. The van der Waals surface area contributed by atoms with E-state index in [1.807, 2.05) is 13.8 Å². The molecular formula is C19H18Cl2O3. The molecule has 0 fully saturated rings. The zero-order valence-corrected chi connectivity index (χ0v) is 14.8. The number of phenolic OH excluding ortho intramolecular Hbond substituents is 2. The Balaban J connectivity index is 0.00000139. The summed E-state index contributed by atoms with van der Waals surface area (Å²) in [5.74, 6) is -0.143. The fourth-order valence-electron chi connectivity index (χ4n) is 1.72. The molecule has 0 saturated carbocycles. The van der Waals surface area contributed by atoms with E-state index >= 15 is 0 Å². The van der Waals surface area contributed by atoms with Gasteiger partial charge < -0.3 is 10.2 Å². The highest BCUT2D eigenvalue weighted by molar-refractivity contribution is 6.32. The van der Waals surface area contributed by atoms with Gasteiger partial charge in [0, 0.05) is 10.0 Å². The molecule has 0 heterocycles. The minimum absolute atomic E-state index is 0.0681. The summed E-state index contributed by atoms with van der Waals surface area (Å²) in [6.45, 7) is 4.00. The highest BCUT2D eigenvalue weighted by Gasteiger charge is 2.00. The molecule has 0 bridgehead atoms. The summed E-state index contributed by atoms with van der Waals surface area (Å²) in [5.41, 5.74) is 1.08. The predicted molar refractivity (Wildman–Crippen MR) is 101 cm³/mol. The van der Waals surface area contributed by atoms with Crippen LogP contribution in [-0.2, 0) is 4.79 Å². The minimum atomic E-state index is -0.279. The lowest BCUT2D eigenvalue weighted by molar-refractivity contribution is -0.110. The minimum Gasteiger partial charge on any atom is -0.508 e. The van der Waals surface area contributed by atoms with Gasteiger partial charge in [0.15, 0.2) is 5.78 Å². The van der Waals surface area contributed by atoms with Crippen LogP contribution in [0.2, 0.25) is 10.0 Å². The fraction of sp³-hybridized carbons (Fsp3) is 0.105. The normalized spacial score (nSPS) is 10.7. The Morgan fingerprint density at radius 1 is 0.833 bits per heavy atom. The Bertz CT molecular complexity index is 702. The van der Waals surface area contributed by atoms with Crippen molar-refractivity contribution in [2.24, 2.45) is 0 Å². The average molecular weight is 365 g/mol. The lowest BCUT2D eigenvalue weighted by atomic mass is 10.1. The highest BCUT2D eigenvalue weighted by Crippen LogP contribution is 2.23. The largest absolute Gasteiger partial charge is 0.508 e. The molecular weight excluding hydrogens is 347 g/mol. The van der Waals surface area contributed by atoms with Crippen LogP contribution in [-0.4, -0.2) is 16.0 Å². The maximum atomic E-state index is 11.8. The van der Waals surface area contributed by atoms with Gasteiger partial charge in [-0.1, -0.05) is 37.0 Å². The monoisotopic (exact) mass is 364 g/mol. The summed E-state index contributed by atoms with van der Waals surface area (Å²) in [7, 11) is 0. The topological polar surface area (TPSA) is 57.5 Å². The summed E-state index contributed by atoms with van der Waals surface area (Å²) < 4.78 is 0. The first kappa shape index (κ1) is 19.8. The van der Waals surface area contributed by atoms with E-state index in [1.54, 1.807) is 12.1 Å². The maximum absolute atomic E-state index is 11.8. The zero-order chi connectivity index (χ0) is 18.1. The molecule has 24 heavy (non-hydrogen) atoms. The van der Waals surface area contributed by atoms with Crippen molar-refractivity contribution in [3.8, 4) is 11.5 Å². The molecule has 0 spiro atoms. The van der Waals surface area contributed by atoms with Gasteiger partial charge in [-0.05, 0) is 71.8 Å². The first-order chi connectivity index (χ1) is 11.5. The van der Waals surface area contributed by atoms with Crippen LogP contribution in [0.4, 0.5) is 0 Å². The van der Waals surface area contributed by atoms with Crippen LogP contribution >= 0.6 is 23.2 Å². The summed E-state index contributed by atoms with van der Waals surface area (Å²) >= 11 is 11.9. The number of aromatic hydroxyl groups is 2. The quantitative estimate of drug-likeness (QED) is 0.681. The third kappa shape index (κ3) is 6.11. The van der Waals surface area contributed by atoms with Gasteiger partial charge in [-0.3, -0.25) is 4.79 Å². The molecule has 5 heteroatoms. The number of rotatable bonds is 4. The van der Waals surface area contributed by atoms with E-state index in [-0.39, 0.29) is 17.3 Å². The second-order valence-corrected chi connectivity index (χ2v) is 5.30. The second kappa shape index (κ2) is 9.81. The van der Waals surface area contributed by atoms with Gasteiger partial charge >= 0.3 is 0 Å². The molecule has 2 N–H and O–H groups in total. The SMILES string of the molecule is CC.O=C(/C=C/c1cc(O)ccc1Cl)/C=C/c1cc(O)ccc1Cl. The molecule has 0 saturated heterocycles. The van der Waals surface area contributed by atoms with Crippen LogP contribution in [0.15, 0.2) is 48.6 Å². The van der Waals surface area contributed by atoms with E-state index in [0.29, 0.717) is 21.2 Å². The van der Waals surface area contributed by atoms with Gasteiger partial charge in [-0.25, -0.2) is 0 Å². The lowest BCUT2D eigenvalue weighted by Crippen LogP contribution is -1.86. The molecule has 0 radical (unpaired) electrons. The molecule has 0 atom stereocenters. The molecule has 0 unspecified atom stereocenters. The standard InChI is InChI=1S/C17H12Cl2O3.C2H6/c18-16-7-5-14(21)9-11(16)1-3-13(20)4-2-12-10-15(22)6-8-17(12)19;1-2/h1-10,21-22H;1-2H3/b3-1+,4-2+;. The molecule has 0 aliphatic heterocycles. The van der Waals surface area contributed by atoms with Crippen molar-refractivity contribution in [2.45, 2.75) is 13.8 Å². The molecule has 3 nitrogen and oxygen atoms in total. The first-order valence-corrected chi connectivity index (χ1v) is 8.08. The van der Waals surface area contributed by atoms with Gasteiger partial charge in [0.05, 0.1) is 0 Å². The summed E-state index contributed by atoms with van der Waals surface area (Å²) in [4.78, 5) is 11.8. The van der Waals surface area contributed by atoms with Gasteiger partial charge in [0.25, 0.3) is 0 Å². The van der Waals surface area contributed by atoms with Crippen LogP contribution in [0.1, 0.15) is 25.0 Å².